The van der Waals surface area contributed by atoms with Gasteiger partial charge in [-0.3, -0.25) is 52.7 Å². The van der Waals surface area contributed by atoms with E-state index in [1.54, 1.807) is 0 Å². The van der Waals surface area contributed by atoms with Gasteiger partial charge in [-0.25, -0.2) is 0 Å². The normalized spacial score (nSPS) is 26.0. The zero-order chi connectivity index (χ0) is 54.9. The van der Waals surface area contributed by atoms with Gasteiger partial charge in [0.2, 0.25) is 5.78 Å². The maximum Gasteiger partial charge on any atom is 0.308 e. The highest BCUT2D eigenvalue weighted by Crippen LogP contribution is 2.46. The standard InChI is InChI=1S/C47H52O27/c1-18(48)60-16-34-37(58)41(67-25(8)55)44(69-27(10)57)46(71-34)74-45-43(68-26(9)56)40(66-24(7)54)35(17-61-19(2)49)72-47(45)73-42-38(59)36-32(65-23(6)53)14-29(62-20(3)50)15-33(36)70-39(42)28-11-12-30(63-21(4)51)31(13-28)64-22(5)52/h11-15,34-35,37,39-47,58H,16-17H2,1-10H3/t34-,35-,37-,39-,40-,41+,42+,43+,44-,45-,46-,47+/m1/s1. The third-order valence-electron chi connectivity index (χ3n) is 10.3. The van der Waals surface area contributed by atoms with Crippen molar-refractivity contribution in [1.29, 1.82) is 0 Å². The quantitative estimate of drug-likeness (QED) is 0.132. The van der Waals surface area contributed by atoms with Gasteiger partial charge in [-0.2, -0.15) is 0 Å². The second-order valence-electron chi connectivity index (χ2n) is 16.4. The Bertz CT molecular complexity index is 2530. The Hall–Kier alpha value is -7.59. The summed E-state index contributed by atoms with van der Waals surface area (Å²) in [5.74, 6) is -12.4. The predicted octanol–water partition coefficient (Wildman–Crippen LogP) is 1.14. The van der Waals surface area contributed by atoms with Crippen LogP contribution in [0.15, 0.2) is 30.3 Å². The lowest BCUT2D eigenvalue weighted by molar-refractivity contribution is -0.372. The average molecular weight is 1050 g/mol. The van der Waals surface area contributed by atoms with Crippen molar-refractivity contribution in [2.24, 2.45) is 0 Å². The number of aliphatic hydroxyl groups excluding tert-OH is 1. The van der Waals surface area contributed by atoms with E-state index in [0.717, 1.165) is 87.4 Å². The third kappa shape index (κ3) is 15.0. The van der Waals surface area contributed by atoms with Crippen molar-refractivity contribution in [3.63, 3.8) is 0 Å². The first-order chi connectivity index (χ1) is 34.7. The molecule has 0 radical (unpaired) electrons. The van der Waals surface area contributed by atoms with Crippen molar-refractivity contribution in [3.8, 4) is 28.7 Å². The Labute approximate surface area is 420 Å². The van der Waals surface area contributed by atoms with Gasteiger partial charge in [0.05, 0.1) is 0 Å². The molecule has 0 aliphatic carbocycles. The van der Waals surface area contributed by atoms with E-state index < -0.39 is 164 Å². The minimum atomic E-state index is -2.20. The maximum absolute atomic E-state index is 15.3. The Kier molecular flexibility index (Phi) is 19.3. The molecule has 2 aromatic rings. The van der Waals surface area contributed by atoms with E-state index >= 15 is 4.79 Å². The topological polar surface area (TPSA) is 346 Å². The van der Waals surface area contributed by atoms with Crippen LogP contribution in [-0.4, -0.2) is 151 Å². The number of esters is 10. The van der Waals surface area contributed by atoms with Gasteiger partial charge in [0, 0.05) is 81.4 Å². The van der Waals surface area contributed by atoms with Crippen LogP contribution in [0.5, 0.6) is 28.7 Å². The number of hydrogen-bond donors (Lipinski definition) is 1. The smallest absolute Gasteiger partial charge is 0.308 e. The Morgan fingerprint density at radius 2 is 0.973 bits per heavy atom. The van der Waals surface area contributed by atoms with Gasteiger partial charge < -0.3 is 76.2 Å². The molecule has 0 unspecified atom stereocenters. The largest absolute Gasteiger partial charge is 0.481 e. The van der Waals surface area contributed by atoms with Crippen LogP contribution in [0.3, 0.4) is 0 Å². The second kappa shape index (κ2) is 24.9. The SMILES string of the molecule is CC(=O)OC[C@H]1O[C@H](O[C@H]2[C@H](O[C@H]3C(=O)c4c(OC(C)=O)cc(OC(C)=O)cc4O[C@@H]3c3ccc(OC(C)=O)c(OC(C)=O)c3)O[C@H](COC(C)=O)[C@@H](OC(C)=O)[C@@H]2OC(C)=O)[C@H](OC(C)=O)[C@@H](OC(C)=O)[C@@H]1O. The van der Waals surface area contributed by atoms with E-state index in [0.29, 0.717) is 0 Å². The lowest BCUT2D eigenvalue weighted by atomic mass is 9.91. The molecule has 3 heterocycles. The van der Waals surface area contributed by atoms with E-state index in [2.05, 4.69) is 0 Å². The molecule has 0 saturated carbocycles. The summed E-state index contributed by atoms with van der Waals surface area (Å²) >= 11 is 0. The number of ketones is 1. The van der Waals surface area contributed by atoms with Crippen molar-refractivity contribution in [1.82, 2.24) is 0 Å². The Balaban J connectivity index is 1.80. The molecule has 27 heteroatoms. The summed E-state index contributed by atoms with van der Waals surface area (Å²) in [7, 11) is 0. The highest BCUT2D eigenvalue weighted by atomic mass is 16.8. The van der Waals surface area contributed by atoms with Crippen LogP contribution in [0.25, 0.3) is 0 Å². The van der Waals surface area contributed by atoms with Crippen molar-refractivity contribution in [2.45, 2.75) is 143 Å². The summed E-state index contributed by atoms with van der Waals surface area (Å²) in [6, 6.07) is 5.67. The molecule has 74 heavy (non-hydrogen) atoms. The molecule has 3 aliphatic heterocycles. The molecule has 2 aromatic carbocycles. The van der Waals surface area contributed by atoms with Crippen LogP contribution in [0.1, 0.15) is 91.3 Å². The monoisotopic (exact) mass is 1050 g/mol. The molecule has 3 aliphatic rings. The van der Waals surface area contributed by atoms with Crippen LogP contribution in [0.2, 0.25) is 0 Å². The summed E-state index contributed by atoms with van der Waals surface area (Å²) in [5.41, 5.74) is -0.602. The first kappa shape index (κ1) is 57.3. The first-order valence-corrected chi connectivity index (χ1v) is 22.2. The molecule has 5 rings (SSSR count). The van der Waals surface area contributed by atoms with Crippen LogP contribution in [-0.2, 0) is 95.3 Å². The fraction of sp³-hybridized carbons (Fsp3) is 0.511. The lowest BCUT2D eigenvalue weighted by Gasteiger charge is -2.49. The summed E-state index contributed by atoms with van der Waals surface area (Å²) in [6.45, 7) is 8.46. The highest BCUT2D eigenvalue weighted by Gasteiger charge is 2.58. The first-order valence-electron chi connectivity index (χ1n) is 22.2. The Morgan fingerprint density at radius 1 is 0.486 bits per heavy atom. The van der Waals surface area contributed by atoms with Gasteiger partial charge in [0.1, 0.15) is 54.3 Å². The number of Topliss-reactive ketones (excluding diaryl/α,β-unsaturated/α-hetero) is 1. The molecule has 2 saturated heterocycles. The molecule has 2 fully saturated rings. The van der Waals surface area contributed by atoms with E-state index in [1.807, 2.05) is 0 Å². The van der Waals surface area contributed by atoms with Crippen molar-refractivity contribution < 1.29 is 129 Å². The molecule has 402 valence electrons. The van der Waals surface area contributed by atoms with E-state index in [9.17, 15) is 53.1 Å². The van der Waals surface area contributed by atoms with E-state index in [1.165, 1.54) is 12.1 Å². The third-order valence-corrected chi connectivity index (χ3v) is 10.3. The van der Waals surface area contributed by atoms with E-state index in [4.69, 9.17) is 71.1 Å². The van der Waals surface area contributed by atoms with Gasteiger partial charge in [-0.15, -0.1) is 0 Å². The van der Waals surface area contributed by atoms with Gasteiger partial charge in [-0.1, -0.05) is 6.07 Å². The summed E-state index contributed by atoms with van der Waals surface area (Å²) < 4.78 is 85.5. The summed E-state index contributed by atoms with van der Waals surface area (Å²) in [5, 5.41) is 11.4. The predicted molar refractivity (Wildman–Crippen MR) is 234 cm³/mol. The highest BCUT2D eigenvalue weighted by molar-refractivity contribution is 6.06. The maximum atomic E-state index is 15.3. The molecule has 12 atom stereocenters. The fourth-order valence-electron chi connectivity index (χ4n) is 7.80. The summed E-state index contributed by atoms with van der Waals surface area (Å²) in [6.07, 6.45) is -23.1. The van der Waals surface area contributed by atoms with Crippen LogP contribution in [0.4, 0.5) is 0 Å². The number of carbonyl (C=O) groups excluding carboxylic acids is 11. The van der Waals surface area contributed by atoms with Crippen molar-refractivity contribution in [2.75, 3.05) is 13.2 Å². The minimum Gasteiger partial charge on any atom is -0.481 e. The lowest BCUT2D eigenvalue weighted by Crippen LogP contribution is -2.67. The fourth-order valence-corrected chi connectivity index (χ4v) is 7.80. The summed E-state index contributed by atoms with van der Waals surface area (Å²) in [4.78, 5) is 140. The molecule has 0 bridgehead atoms. The zero-order valence-corrected chi connectivity index (χ0v) is 41.3. The second-order valence-corrected chi connectivity index (χ2v) is 16.4. The minimum absolute atomic E-state index is 0.0933. The zero-order valence-electron chi connectivity index (χ0n) is 41.3. The van der Waals surface area contributed by atoms with Gasteiger partial charge in [0.15, 0.2) is 66.8 Å². The number of aliphatic hydroxyl groups is 1. The van der Waals surface area contributed by atoms with Gasteiger partial charge >= 0.3 is 59.7 Å². The molecule has 0 amide bonds. The van der Waals surface area contributed by atoms with Crippen molar-refractivity contribution in [3.05, 3.63) is 41.5 Å². The van der Waals surface area contributed by atoms with Crippen LogP contribution < -0.4 is 23.7 Å². The number of benzene rings is 2. The van der Waals surface area contributed by atoms with Crippen molar-refractivity contribution >= 4 is 65.5 Å². The average Bonchev–Trinajstić information content (AvgIpc) is 3.26. The van der Waals surface area contributed by atoms with Gasteiger partial charge in [0.25, 0.3) is 0 Å². The molecular weight excluding hydrogens is 996 g/mol. The van der Waals surface area contributed by atoms with E-state index in [-0.39, 0.29) is 28.6 Å². The van der Waals surface area contributed by atoms with Crippen LogP contribution >= 0.6 is 0 Å². The number of ether oxygens (including phenoxy) is 15. The molecule has 0 spiro atoms. The number of fused-ring (bicyclic) bond motifs is 1. The van der Waals surface area contributed by atoms with Gasteiger partial charge in [-0.05, 0) is 17.7 Å². The molecule has 0 aromatic heterocycles. The number of hydrogen-bond acceptors (Lipinski definition) is 27. The Morgan fingerprint density at radius 3 is 1.53 bits per heavy atom. The molecule has 1 N–H and O–H groups in total. The number of carbonyl (C=O) groups is 11. The molecular formula is C47H52O27. The van der Waals surface area contributed by atoms with Crippen LogP contribution in [0, 0.1) is 0 Å². The number of rotatable bonds is 17. The molecule has 27 nitrogen and oxygen atoms in total.